The highest BCUT2D eigenvalue weighted by atomic mass is 16.4. The first-order valence-electron chi connectivity index (χ1n) is 14.8. The van der Waals surface area contributed by atoms with Crippen molar-refractivity contribution in [2.75, 3.05) is 19.6 Å². The zero-order chi connectivity index (χ0) is 28.5. The average Bonchev–Trinajstić information content (AvgIpc) is 3.66. The van der Waals surface area contributed by atoms with Crippen LogP contribution in [0.3, 0.4) is 0 Å². The van der Waals surface area contributed by atoms with Gasteiger partial charge in [0.1, 0.15) is 0 Å². The summed E-state index contributed by atoms with van der Waals surface area (Å²) < 4.78 is 7.55. The van der Waals surface area contributed by atoms with Crippen LogP contribution in [0.5, 0.6) is 0 Å². The molecule has 2 aromatic heterocycles. The lowest BCUT2D eigenvalue weighted by Crippen LogP contribution is -2.37. The molecule has 10 nitrogen and oxygen atoms in total. The predicted octanol–water partition coefficient (Wildman–Crippen LogP) is 4.92. The van der Waals surface area contributed by atoms with E-state index in [2.05, 4.69) is 34.4 Å². The fourth-order valence-corrected chi connectivity index (χ4v) is 5.00. The number of oxazole rings is 1. The number of amides is 2. The highest BCUT2D eigenvalue weighted by Gasteiger charge is 2.22. The third kappa shape index (κ3) is 7.35. The Morgan fingerprint density at radius 1 is 0.900 bits per heavy atom. The Kier molecular flexibility index (Phi) is 10.5. The number of hydrogen-bond donors (Lipinski definition) is 2. The van der Waals surface area contributed by atoms with Crippen molar-refractivity contribution in [3.8, 4) is 22.8 Å². The van der Waals surface area contributed by atoms with Crippen LogP contribution in [-0.4, -0.2) is 68.2 Å². The van der Waals surface area contributed by atoms with E-state index in [4.69, 9.17) is 14.5 Å². The number of piperidine rings is 1. The molecule has 3 aromatic rings. The lowest BCUT2D eigenvalue weighted by molar-refractivity contribution is 0.0903. The van der Waals surface area contributed by atoms with Crippen molar-refractivity contribution in [1.82, 2.24) is 35.3 Å². The van der Waals surface area contributed by atoms with Gasteiger partial charge in [0.25, 0.3) is 11.8 Å². The first-order chi connectivity index (χ1) is 19.4. The van der Waals surface area contributed by atoms with Gasteiger partial charge >= 0.3 is 0 Å². The van der Waals surface area contributed by atoms with Gasteiger partial charge in [-0.15, -0.1) is 0 Å². The number of carbonyl (C=O) groups is 2. The molecule has 1 aliphatic rings. The molecule has 1 saturated heterocycles. The Labute approximate surface area is 236 Å². The lowest BCUT2D eigenvalue weighted by atomic mass is 10.1. The van der Waals surface area contributed by atoms with Gasteiger partial charge in [-0.1, -0.05) is 46.2 Å². The van der Waals surface area contributed by atoms with Crippen molar-refractivity contribution in [2.24, 2.45) is 0 Å². The minimum Gasteiger partial charge on any atom is -0.431 e. The number of benzene rings is 1. The molecule has 1 fully saturated rings. The monoisotopic (exact) mass is 549 g/mol. The van der Waals surface area contributed by atoms with E-state index in [0.717, 1.165) is 50.9 Å². The number of carbonyl (C=O) groups excluding carboxylic acids is 2. The normalized spacial score (nSPS) is 14.2. The number of rotatable bonds is 13. The summed E-state index contributed by atoms with van der Waals surface area (Å²) in [5, 5.41) is 10.9. The summed E-state index contributed by atoms with van der Waals surface area (Å²) in [6, 6.07) is 7.70. The van der Waals surface area contributed by atoms with Gasteiger partial charge in [0.2, 0.25) is 17.5 Å². The van der Waals surface area contributed by atoms with Crippen LogP contribution in [0.4, 0.5) is 0 Å². The molecule has 0 aliphatic carbocycles. The second-order valence-corrected chi connectivity index (χ2v) is 10.5. The van der Waals surface area contributed by atoms with Crippen molar-refractivity contribution in [2.45, 2.75) is 91.3 Å². The predicted molar refractivity (Wildman–Crippen MR) is 155 cm³/mol. The van der Waals surface area contributed by atoms with Crippen LogP contribution in [0, 0.1) is 0 Å². The van der Waals surface area contributed by atoms with Gasteiger partial charge in [-0.3, -0.25) is 9.59 Å². The van der Waals surface area contributed by atoms with Crippen molar-refractivity contribution < 1.29 is 14.0 Å². The zero-order valence-corrected chi connectivity index (χ0v) is 24.3. The quantitative estimate of drug-likeness (QED) is 0.311. The molecule has 2 amide bonds. The first kappa shape index (κ1) is 29.5. The highest BCUT2D eigenvalue weighted by molar-refractivity contribution is 5.92. The minimum atomic E-state index is -0.272. The molecule has 1 aliphatic heterocycles. The fourth-order valence-electron chi connectivity index (χ4n) is 5.00. The van der Waals surface area contributed by atoms with Crippen LogP contribution in [0.25, 0.3) is 22.8 Å². The lowest BCUT2D eigenvalue weighted by Gasteiger charge is -2.26. The Balaban J connectivity index is 1.57. The molecule has 40 heavy (non-hydrogen) atoms. The molecule has 0 atom stereocenters. The van der Waals surface area contributed by atoms with Gasteiger partial charge in [0, 0.05) is 29.8 Å². The summed E-state index contributed by atoms with van der Waals surface area (Å²) >= 11 is 0. The maximum atomic E-state index is 13.3. The largest absolute Gasteiger partial charge is 0.431 e. The van der Waals surface area contributed by atoms with E-state index in [1.165, 1.54) is 25.5 Å². The molecule has 4 rings (SSSR count). The standard InChI is InChI=1S/C30H43N7O3/c1-5-23(6-2)32-28(38)25-20-31-30(40-25)22-14-12-13-21(19-22)26-34-27(29(39)33-24(7-3)8-4)37(35-26)18-17-36-15-10-9-11-16-36/h12-14,19-20,23-24H,5-11,15-18H2,1-4H3,(H,32,38)(H,33,39). The Morgan fingerprint density at radius 2 is 1.55 bits per heavy atom. The number of nitrogens with zero attached hydrogens (tertiary/aromatic N) is 5. The molecular formula is C30H43N7O3. The van der Waals surface area contributed by atoms with Crippen molar-refractivity contribution in [3.63, 3.8) is 0 Å². The molecular weight excluding hydrogens is 506 g/mol. The van der Waals surface area contributed by atoms with E-state index < -0.39 is 0 Å². The number of hydrogen-bond acceptors (Lipinski definition) is 7. The Bertz CT molecular complexity index is 1250. The van der Waals surface area contributed by atoms with E-state index in [0.29, 0.717) is 29.6 Å². The van der Waals surface area contributed by atoms with E-state index >= 15 is 0 Å². The van der Waals surface area contributed by atoms with Crippen LogP contribution in [0.1, 0.15) is 93.8 Å². The van der Waals surface area contributed by atoms with Crippen LogP contribution in [0.15, 0.2) is 34.9 Å². The Hall–Kier alpha value is -3.53. The van der Waals surface area contributed by atoms with Crippen LogP contribution >= 0.6 is 0 Å². The molecule has 2 N–H and O–H groups in total. The van der Waals surface area contributed by atoms with Crippen LogP contribution in [0.2, 0.25) is 0 Å². The molecule has 0 bridgehead atoms. The van der Waals surface area contributed by atoms with Gasteiger partial charge in [0.15, 0.2) is 5.82 Å². The van der Waals surface area contributed by atoms with Gasteiger partial charge < -0.3 is 20.0 Å². The molecule has 0 spiro atoms. The smallest absolute Gasteiger partial charge is 0.289 e. The van der Waals surface area contributed by atoms with Crippen molar-refractivity contribution in [1.29, 1.82) is 0 Å². The second kappa shape index (κ2) is 14.2. The molecule has 0 unspecified atom stereocenters. The highest BCUT2D eigenvalue weighted by Crippen LogP contribution is 2.25. The summed E-state index contributed by atoms with van der Waals surface area (Å²) in [5.74, 6) is 0.823. The molecule has 0 saturated carbocycles. The number of nitrogens with one attached hydrogen (secondary N) is 2. The molecule has 1 aromatic carbocycles. The maximum absolute atomic E-state index is 13.3. The first-order valence-corrected chi connectivity index (χ1v) is 14.8. The molecule has 216 valence electrons. The van der Waals surface area contributed by atoms with Crippen LogP contribution in [-0.2, 0) is 6.54 Å². The summed E-state index contributed by atoms with van der Waals surface area (Å²) in [7, 11) is 0. The number of likely N-dealkylation sites (tertiary alicyclic amines) is 1. The summed E-state index contributed by atoms with van der Waals surface area (Å²) in [6.45, 7) is 11.8. The van der Waals surface area contributed by atoms with Crippen LogP contribution < -0.4 is 10.6 Å². The zero-order valence-electron chi connectivity index (χ0n) is 24.3. The third-order valence-corrected chi connectivity index (χ3v) is 7.69. The summed E-state index contributed by atoms with van der Waals surface area (Å²) in [4.78, 5) is 37.3. The molecule has 10 heteroatoms. The van der Waals surface area contributed by atoms with Crippen molar-refractivity contribution in [3.05, 3.63) is 42.0 Å². The van der Waals surface area contributed by atoms with Gasteiger partial charge in [-0.2, -0.15) is 5.10 Å². The van der Waals surface area contributed by atoms with Crippen molar-refractivity contribution >= 4 is 11.8 Å². The van der Waals surface area contributed by atoms with E-state index in [-0.39, 0.29) is 29.7 Å². The fraction of sp³-hybridized carbons (Fsp3) is 0.567. The second-order valence-electron chi connectivity index (χ2n) is 10.5. The van der Waals surface area contributed by atoms with E-state index in [1.807, 2.05) is 38.1 Å². The average molecular weight is 550 g/mol. The SMILES string of the molecule is CCC(CC)NC(=O)c1cnc(-c2cccc(-c3nc(C(=O)NC(CC)CC)n(CCN4CCCCC4)n3)c2)o1. The maximum Gasteiger partial charge on any atom is 0.289 e. The summed E-state index contributed by atoms with van der Waals surface area (Å²) in [6.07, 6.45) is 8.55. The Morgan fingerprint density at radius 3 is 2.23 bits per heavy atom. The van der Waals surface area contributed by atoms with E-state index in [1.54, 1.807) is 4.68 Å². The van der Waals surface area contributed by atoms with E-state index in [9.17, 15) is 9.59 Å². The molecule has 3 heterocycles. The number of aromatic nitrogens is 4. The minimum absolute atomic E-state index is 0.0906. The topological polar surface area (TPSA) is 118 Å². The summed E-state index contributed by atoms with van der Waals surface area (Å²) in [5.41, 5.74) is 1.44. The molecule has 0 radical (unpaired) electrons. The third-order valence-electron chi connectivity index (χ3n) is 7.69. The van der Waals surface area contributed by atoms with Gasteiger partial charge in [-0.05, 0) is 63.7 Å². The van der Waals surface area contributed by atoms with Gasteiger partial charge in [-0.25, -0.2) is 14.6 Å². The van der Waals surface area contributed by atoms with Gasteiger partial charge in [0.05, 0.1) is 12.7 Å².